The molecule has 1 aliphatic carbocycles. The Morgan fingerprint density at radius 3 is 2.50 bits per heavy atom. The fourth-order valence-electron chi connectivity index (χ4n) is 2.48. The summed E-state index contributed by atoms with van der Waals surface area (Å²) in [7, 11) is -3.15. The lowest BCUT2D eigenvalue weighted by Gasteiger charge is -2.29. The standard InChI is InChI=1S/C14H20FNO3S/c1-10-3-4-11(15)9-14(10)19-13-7-5-12(6-8-13)16-20(2,17)18/h3-4,9,12-13,16H,5-8H2,1-2H3. The van der Waals surface area contributed by atoms with Crippen molar-refractivity contribution in [2.45, 2.75) is 44.8 Å². The Morgan fingerprint density at radius 1 is 1.25 bits per heavy atom. The molecule has 0 aromatic heterocycles. The fraction of sp³-hybridized carbons (Fsp3) is 0.571. The van der Waals surface area contributed by atoms with Gasteiger partial charge >= 0.3 is 0 Å². The molecule has 1 aliphatic rings. The van der Waals surface area contributed by atoms with Crippen LogP contribution in [0.3, 0.4) is 0 Å². The number of hydrogen-bond acceptors (Lipinski definition) is 3. The molecule has 4 nitrogen and oxygen atoms in total. The van der Waals surface area contributed by atoms with Gasteiger partial charge in [0, 0.05) is 12.1 Å². The normalized spacial score (nSPS) is 23.6. The minimum absolute atomic E-state index is 0.0153. The van der Waals surface area contributed by atoms with Gasteiger partial charge in [-0.2, -0.15) is 0 Å². The van der Waals surface area contributed by atoms with Crippen molar-refractivity contribution in [3.05, 3.63) is 29.6 Å². The topological polar surface area (TPSA) is 55.4 Å². The van der Waals surface area contributed by atoms with Gasteiger partial charge in [0.05, 0.1) is 12.4 Å². The number of ether oxygens (including phenoxy) is 1. The van der Waals surface area contributed by atoms with Crippen molar-refractivity contribution in [2.75, 3.05) is 6.26 Å². The van der Waals surface area contributed by atoms with Crippen LogP contribution in [-0.2, 0) is 10.0 Å². The number of hydrogen-bond donors (Lipinski definition) is 1. The molecule has 0 atom stereocenters. The fourth-order valence-corrected chi connectivity index (χ4v) is 3.32. The van der Waals surface area contributed by atoms with Gasteiger partial charge in [-0.25, -0.2) is 17.5 Å². The minimum atomic E-state index is -3.15. The molecular weight excluding hydrogens is 281 g/mol. The molecule has 2 rings (SSSR count). The molecule has 20 heavy (non-hydrogen) atoms. The number of rotatable bonds is 4. The average molecular weight is 301 g/mol. The zero-order chi connectivity index (χ0) is 14.8. The van der Waals surface area contributed by atoms with Crippen LogP contribution in [0.2, 0.25) is 0 Å². The van der Waals surface area contributed by atoms with E-state index in [9.17, 15) is 12.8 Å². The van der Waals surface area contributed by atoms with Crippen molar-refractivity contribution < 1.29 is 17.5 Å². The van der Waals surface area contributed by atoms with Crippen LogP contribution < -0.4 is 9.46 Å². The van der Waals surface area contributed by atoms with Crippen LogP contribution >= 0.6 is 0 Å². The first-order valence-electron chi connectivity index (χ1n) is 6.73. The maximum Gasteiger partial charge on any atom is 0.208 e. The molecular formula is C14H20FNO3S. The van der Waals surface area contributed by atoms with E-state index in [0.717, 1.165) is 31.2 Å². The third-order valence-corrected chi connectivity index (χ3v) is 4.26. The van der Waals surface area contributed by atoms with Crippen LogP contribution in [0.1, 0.15) is 31.2 Å². The van der Waals surface area contributed by atoms with E-state index in [1.54, 1.807) is 6.07 Å². The summed E-state index contributed by atoms with van der Waals surface area (Å²) >= 11 is 0. The number of halogens is 1. The highest BCUT2D eigenvalue weighted by Gasteiger charge is 2.24. The van der Waals surface area contributed by atoms with E-state index in [1.165, 1.54) is 18.4 Å². The summed E-state index contributed by atoms with van der Waals surface area (Å²) in [4.78, 5) is 0. The molecule has 6 heteroatoms. The molecule has 0 spiro atoms. The van der Waals surface area contributed by atoms with E-state index in [1.807, 2.05) is 6.92 Å². The summed E-state index contributed by atoms with van der Waals surface area (Å²) in [5, 5.41) is 0. The third-order valence-electron chi connectivity index (χ3n) is 3.50. The summed E-state index contributed by atoms with van der Waals surface area (Å²) in [5.74, 6) is 0.266. The van der Waals surface area contributed by atoms with Gasteiger partial charge < -0.3 is 4.74 Å². The molecule has 0 unspecified atom stereocenters. The van der Waals surface area contributed by atoms with Crippen molar-refractivity contribution in [1.29, 1.82) is 0 Å². The predicted molar refractivity (Wildman–Crippen MR) is 75.8 cm³/mol. The summed E-state index contributed by atoms with van der Waals surface area (Å²) < 4.78 is 44.0. The SMILES string of the molecule is Cc1ccc(F)cc1OC1CCC(NS(C)(=O)=O)CC1. The van der Waals surface area contributed by atoms with Gasteiger partial charge in [-0.3, -0.25) is 0 Å². The number of sulfonamides is 1. The van der Waals surface area contributed by atoms with Crippen LogP contribution in [0.4, 0.5) is 4.39 Å². The van der Waals surface area contributed by atoms with Crippen molar-refractivity contribution in [2.24, 2.45) is 0 Å². The Kier molecular flexibility index (Phi) is 4.65. The summed E-state index contributed by atoms with van der Waals surface area (Å²) in [6.45, 7) is 1.88. The van der Waals surface area contributed by atoms with E-state index in [4.69, 9.17) is 4.74 Å². The molecule has 0 amide bonds. The summed E-state index contributed by atoms with van der Waals surface area (Å²) in [6, 6.07) is 4.49. The summed E-state index contributed by atoms with van der Waals surface area (Å²) in [6.07, 6.45) is 4.21. The molecule has 1 aromatic carbocycles. The van der Waals surface area contributed by atoms with Gasteiger partial charge in [-0.15, -0.1) is 0 Å². The highest BCUT2D eigenvalue weighted by atomic mass is 32.2. The molecule has 0 radical (unpaired) electrons. The highest BCUT2D eigenvalue weighted by molar-refractivity contribution is 7.88. The molecule has 1 aromatic rings. The second-order valence-corrected chi connectivity index (χ2v) is 7.17. The maximum atomic E-state index is 13.2. The van der Waals surface area contributed by atoms with E-state index in [0.29, 0.717) is 5.75 Å². The number of nitrogens with one attached hydrogen (secondary N) is 1. The quantitative estimate of drug-likeness (QED) is 0.929. The Hall–Kier alpha value is -1.14. The van der Waals surface area contributed by atoms with Crippen LogP contribution in [0.5, 0.6) is 5.75 Å². The Balaban J connectivity index is 1.90. The Bertz CT molecular complexity index is 566. The number of aryl methyl sites for hydroxylation is 1. The van der Waals surface area contributed by atoms with Crippen LogP contribution in [0.15, 0.2) is 18.2 Å². The first-order valence-corrected chi connectivity index (χ1v) is 8.63. The van der Waals surface area contributed by atoms with Crippen molar-refractivity contribution >= 4 is 10.0 Å². The van der Waals surface area contributed by atoms with Crippen molar-refractivity contribution in [3.63, 3.8) is 0 Å². The highest BCUT2D eigenvalue weighted by Crippen LogP contribution is 2.26. The predicted octanol–water partition coefficient (Wildman–Crippen LogP) is 2.37. The first kappa shape index (κ1) is 15.3. The first-order chi connectivity index (χ1) is 9.33. The second kappa shape index (κ2) is 6.10. The van der Waals surface area contributed by atoms with E-state index in [-0.39, 0.29) is 18.0 Å². The zero-order valence-corrected chi connectivity index (χ0v) is 12.5. The van der Waals surface area contributed by atoms with Crippen molar-refractivity contribution in [3.8, 4) is 5.75 Å². The molecule has 1 saturated carbocycles. The molecule has 0 heterocycles. The molecule has 0 bridgehead atoms. The van der Waals surface area contributed by atoms with Crippen LogP contribution in [0, 0.1) is 12.7 Å². The monoisotopic (exact) mass is 301 g/mol. The Labute approximate surface area is 119 Å². The lowest BCUT2D eigenvalue weighted by Crippen LogP contribution is -2.39. The van der Waals surface area contributed by atoms with Crippen molar-refractivity contribution in [1.82, 2.24) is 4.72 Å². The molecule has 112 valence electrons. The van der Waals surface area contributed by atoms with E-state index < -0.39 is 10.0 Å². The lowest BCUT2D eigenvalue weighted by molar-refractivity contribution is 0.143. The van der Waals surface area contributed by atoms with Gasteiger partial charge in [-0.05, 0) is 44.2 Å². The third kappa shape index (κ3) is 4.45. The summed E-state index contributed by atoms with van der Waals surface area (Å²) in [5.41, 5.74) is 0.905. The molecule has 1 fully saturated rings. The molecule has 0 saturated heterocycles. The average Bonchev–Trinajstić information content (AvgIpc) is 2.34. The van der Waals surface area contributed by atoms with Gasteiger partial charge in [0.15, 0.2) is 0 Å². The van der Waals surface area contributed by atoms with E-state index >= 15 is 0 Å². The van der Waals surface area contributed by atoms with Gasteiger partial charge in [0.2, 0.25) is 10.0 Å². The number of benzene rings is 1. The molecule has 0 aliphatic heterocycles. The van der Waals surface area contributed by atoms with Gasteiger partial charge in [-0.1, -0.05) is 6.07 Å². The maximum absolute atomic E-state index is 13.2. The van der Waals surface area contributed by atoms with Crippen LogP contribution in [-0.4, -0.2) is 26.8 Å². The zero-order valence-electron chi connectivity index (χ0n) is 11.7. The minimum Gasteiger partial charge on any atom is -0.490 e. The second-order valence-electron chi connectivity index (χ2n) is 5.39. The largest absolute Gasteiger partial charge is 0.490 e. The van der Waals surface area contributed by atoms with Gasteiger partial charge in [0.1, 0.15) is 11.6 Å². The van der Waals surface area contributed by atoms with Gasteiger partial charge in [0.25, 0.3) is 0 Å². The molecule has 1 N–H and O–H groups in total. The van der Waals surface area contributed by atoms with E-state index in [2.05, 4.69) is 4.72 Å². The smallest absolute Gasteiger partial charge is 0.208 e. The Morgan fingerprint density at radius 2 is 1.90 bits per heavy atom. The van der Waals surface area contributed by atoms with Crippen LogP contribution in [0.25, 0.3) is 0 Å². The lowest BCUT2D eigenvalue weighted by atomic mass is 9.93.